The number of hydrogen-bond donors (Lipinski definition) is 1. The molecule has 2 aromatic carbocycles. The van der Waals surface area contributed by atoms with Crippen LogP contribution >= 0.6 is 0 Å². The second-order valence-electron chi connectivity index (χ2n) is 8.09. The van der Waals surface area contributed by atoms with Gasteiger partial charge in [-0.2, -0.15) is 5.10 Å². The van der Waals surface area contributed by atoms with Gasteiger partial charge in [-0.3, -0.25) is 14.9 Å². The molecule has 166 valence electrons. The molecule has 0 aromatic heterocycles. The number of non-ortho nitro benzene ring substituents is 1. The van der Waals surface area contributed by atoms with Crippen LogP contribution in [0.15, 0.2) is 53.6 Å². The number of carbonyl (C=O) groups is 1. The first-order chi connectivity index (χ1) is 14.8. The van der Waals surface area contributed by atoms with Gasteiger partial charge in [0.25, 0.3) is 11.6 Å². The van der Waals surface area contributed by atoms with Gasteiger partial charge in [0.2, 0.25) is 0 Å². The van der Waals surface area contributed by atoms with Crippen molar-refractivity contribution in [2.45, 2.75) is 27.7 Å². The van der Waals surface area contributed by atoms with Crippen LogP contribution in [0.4, 0.5) is 11.4 Å². The minimum absolute atomic E-state index is 0.0296. The number of nitrogens with one attached hydrogen (secondary N) is 1. The zero-order valence-corrected chi connectivity index (χ0v) is 18.4. The first-order valence-electron chi connectivity index (χ1n) is 10.3. The number of carbonyl (C=O) groups excluding carboxylic acids is 1. The number of anilines is 1. The Hall–Kier alpha value is -3.42. The highest BCUT2D eigenvalue weighted by Gasteiger charge is 2.17. The zero-order chi connectivity index (χ0) is 22.8. The molecular weight excluding hydrogens is 396 g/mol. The maximum Gasteiger partial charge on any atom is 0.277 e. The van der Waals surface area contributed by atoms with Crippen molar-refractivity contribution in [2.24, 2.45) is 16.9 Å². The van der Waals surface area contributed by atoms with Crippen molar-refractivity contribution in [3.63, 3.8) is 0 Å². The lowest BCUT2D eigenvalue weighted by molar-refractivity contribution is -0.384. The SMILES string of the molecule is CC(C)CN(CC(C)C)c1ccc([N+](=O)[O-])cc1/C=N/NC(=O)COc1ccccc1. The monoisotopic (exact) mass is 426 g/mol. The van der Waals surface area contributed by atoms with Crippen LogP contribution in [0.1, 0.15) is 33.3 Å². The molecule has 8 nitrogen and oxygen atoms in total. The maximum absolute atomic E-state index is 12.0. The van der Waals surface area contributed by atoms with Crippen molar-refractivity contribution < 1.29 is 14.5 Å². The van der Waals surface area contributed by atoms with Crippen LogP contribution in [0, 0.1) is 22.0 Å². The lowest BCUT2D eigenvalue weighted by Gasteiger charge is -2.29. The maximum atomic E-state index is 12.0. The fourth-order valence-corrected chi connectivity index (χ4v) is 3.07. The summed E-state index contributed by atoms with van der Waals surface area (Å²) in [6, 6.07) is 13.7. The molecule has 0 unspecified atom stereocenters. The van der Waals surface area contributed by atoms with E-state index >= 15 is 0 Å². The highest BCUT2D eigenvalue weighted by molar-refractivity contribution is 5.90. The van der Waals surface area contributed by atoms with Gasteiger partial charge in [0.15, 0.2) is 6.61 Å². The highest BCUT2D eigenvalue weighted by atomic mass is 16.6. The lowest BCUT2D eigenvalue weighted by atomic mass is 10.1. The molecule has 0 radical (unpaired) electrons. The van der Waals surface area contributed by atoms with E-state index in [1.807, 2.05) is 18.2 Å². The van der Waals surface area contributed by atoms with Gasteiger partial charge in [0.1, 0.15) is 5.75 Å². The molecule has 0 fully saturated rings. The van der Waals surface area contributed by atoms with E-state index in [4.69, 9.17) is 4.74 Å². The first kappa shape index (κ1) is 23.9. The van der Waals surface area contributed by atoms with Gasteiger partial charge in [-0.15, -0.1) is 0 Å². The minimum atomic E-state index is -0.442. The summed E-state index contributed by atoms with van der Waals surface area (Å²) in [6.45, 7) is 9.91. The third kappa shape index (κ3) is 8.08. The molecule has 0 aliphatic heterocycles. The van der Waals surface area contributed by atoms with Crippen LogP contribution in [0.5, 0.6) is 5.75 Å². The summed E-state index contributed by atoms with van der Waals surface area (Å²) >= 11 is 0. The number of hydrogen-bond acceptors (Lipinski definition) is 6. The minimum Gasteiger partial charge on any atom is -0.484 e. The molecule has 0 aliphatic rings. The fourth-order valence-electron chi connectivity index (χ4n) is 3.07. The number of nitro groups is 1. The van der Waals surface area contributed by atoms with E-state index in [0.29, 0.717) is 23.1 Å². The third-order valence-electron chi connectivity index (χ3n) is 4.24. The fraction of sp³-hybridized carbons (Fsp3) is 0.391. The van der Waals surface area contributed by atoms with Crippen LogP contribution in [-0.4, -0.2) is 36.7 Å². The predicted molar refractivity (Wildman–Crippen MR) is 123 cm³/mol. The van der Waals surface area contributed by atoms with E-state index in [1.165, 1.54) is 18.3 Å². The average Bonchev–Trinajstić information content (AvgIpc) is 2.71. The Labute approximate surface area is 183 Å². The van der Waals surface area contributed by atoms with Crippen molar-refractivity contribution in [3.8, 4) is 5.75 Å². The normalized spacial score (nSPS) is 11.2. The first-order valence-corrected chi connectivity index (χ1v) is 10.3. The van der Waals surface area contributed by atoms with Crippen LogP contribution in [0.25, 0.3) is 0 Å². The largest absolute Gasteiger partial charge is 0.484 e. The summed E-state index contributed by atoms with van der Waals surface area (Å²) in [6.07, 6.45) is 1.44. The molecule has 0 bridgehead atoms. The smallest absolute Gasteiger partial charge is 0.277 e. The summed E-state index contributed by atoms with van der Waals surface area (Å²) in [5, 5.41) is 15.3. The number of nitrogens with zero attached hydrogens (tertiary/aromatic N) is 3. The van der Waals surface area contributed by atoms with E-state index in [2.05, 4.69) is 43.1 Å². The molecule has 0 saturated carbocycles. The molecule has 0 saturated heterocycles. The summed E-state index contributed by atoms with van der Waals surface area (Å²) in [5.41, 5.74) is 3.79. The lowest BCUT2D eigenvalue weighted by Crippen LogP contribution is -2.32. The Kier molecular flexibility index (Phi) is 8.99. The average molecular weight is 427 g/mol. The van der Waals surface area contributed by atoms with Gasteiger partial charge >= 0.3 is 0 Å². The second-order valence-corrected chi connectivity index (χ2v) is 8.09. The van der Waals surface area contributed by atoms with Gasteiger partial charge in [-0.05, 0) is 30.0 Å². The Balaban J connectivity index is 2.16. The van der Waals surface area contributed by atoms with Crippen molar-refractivity contribution in [2.75, 3.05) is 24.6 Å². The summed E-state index contributed by atoms with van der Waals surface area (Å²) < 4.78 is 5.39. The molecule has 2 aromatic rings. The molecule has 1 amide bonds. The molecule has 8 heteroatoms. The van der Waals surface area contributed by atoms with E-state index in [1.54, 1.807) is 18.2 Å². The molecule has 0 heterocycles. The Bertz CT molecular complexity index is 888. The number of amides is 1. The third-order valence-corrected chi connectivity index (χ3v) is 4.24. The Morgan fingerprint density at radius 1 is 1.13 bits per heavy atom. The second kappa shape index (κ2) is 11.7. The summed E-state index contributed by atoms with van der Waals surface area (Å²) in [7, 11) is 0. The number of nitro benzene ring substituents is 1. The molecular formula is C23H30N4O4. The van der Waals surface area contributed by atoms with Gasteiger partial charge in [0.05, 0.1) is 11.1 Å². The molecule has 0 atom stereocenters. The van der Waals surface area contributed by atoms with Gasteiger partial charge in [-0.25, -0.2) is 5.43 Å². The van der Waals surface area contributed by atoms with Crippen molar-refractivity contribution >= 4 is 23.5 Å². The Morgan fingerprint density at radius 3 is 2.35 bits per heavy atom. The van der Waals surface area contributed by atoms with Crippen molar-refractivity contribution in [1.29, 1.82) is 0 Å². The quantitative estimate of drug-likeness (QED) is 0.329. The Morgan fingerprint density at radius 2 is 1.77 bits per heavy atom. The van der Waals surface area contributed by atoms with Crippen molar-refractivity contribution in [3.05, 3.63) is 64.2 Å². The van der Waals surface area contributed by atoms with E-state index in [-0.39, 0.29) is 12.3 Å². The van der Waals surface area contributed by atoms with Crippen LogP contribution in [0.3, 0.4) is 0 Å². The van der Waals surface area contributed by atoms with Crippen LogP contribution in [0.2, 0.25) is 0 Å². The van der Waals surface area contributed by atoms with Gasteiger partial charge < -0.3 is 9.64 Å². The number of ether oxygens (including phenoxy) is 1. The molecule has 31 heavy (non-hydrogen) atoms. The van der Waals surface area contributed by atoms with Crippen LogP contribution in [-0.2, 0) is 4.79 Å². The summed E-state index contributed by atoms with van der Waals surface area (Å²) in [4.78, 5) is 25.0. The number of hydrazone groups is 1. The summed E-state index contributed by atoms with van der Waals surface area (Å²) in [5.74, 6) is 0.982. The van der Waals surface area contributed by atoms with Gasteiger partial charge in [-0.1, -0.05) is 45.9 Å². The molecule has 0 aliphatic carbocycles. The van der Waals surface area contributed by atoms with Crippen molar-refractivity contribution in [1.82, 2.24) is 5.43 Å². The highest BCUT2D eigenvalue weighted by Crippen LogP contribution is 2.26. The topological polar surface area (TPSA) is 97.1 Å². The van der Waals surface area contributed by atoms with E-state index < -0.39 is 10.8 Å². The van der Waals surface area contributed by atoms with Gasteiger partial charge in [0, 0.05) is 36.5 Å². The number of para-hydroxylation sites is 1. The molecule has 2 rings (SSSR count). The number of benzene rings is 2. The standard InChI is InChI=1S/C23H30N4O4/c1-17(2)14-26(15-18(3)4)22-11-10-20(27(29)30)12-19(22)13-24-25-23(28)16-31-21-8-6-5-7-9-21/h5-13,17-18H,14-16H2,1-4H3,(H,25,28)/b24-13+. The van der Waals surface area contributed by atoms with E-state index in [0.717, 1.165) is 18.8 Å². The number of rotatable bonds is 11. The predicted octanol–water partition coefficient (Wildman–Crippen LogP) is 4.24. The van der Waals surface area contributed by atoms with Crippen LogP contribution < -0.4 is 15.1 Å². The zero-order valence-electron chi connectivity index (χ0n) is 18.4. The molecule has 1 N–H and O–H groups in total. The molecule has 0 spiro atoms. The van der Waals surface area contributed by atoms with E-state index in [9.17, 15) is 14.9 Å².